The molecule has 19 heavy (non-hydrogen) atoms. The lowest BCUT2D eigenvalue weighted by molar-refractivity contribution is -0.116. The molecule has 0 spiro atoms. The van der Waals surface area contributed by atoms with Gasteiger partial charge in [-0.25, -0.2) is 12.7 Å². The van der Waals surface area contributed by atoms with Gasteiger partial charge in [0.2, 0.25) is 5.91 Å². The fraction of sp³-hybridized carbons (Fsp3) is 0.417. The lowest BCUT2D eigenvalue weighted by atomic mass is 10.2. The number of fused-ring (bicyclic) bond motifs is 1. The predicted octanol–water partition coefficient (Wildman–Crippen LogP) is -0.149. The number of anilines is 1. The van der Waals surface area contributed by atoms with Gasteiger partial charge < -0.3 is 4.74 Å². The molecule has 0 bridgehead atoms. The number of carbonyl (C=O) groups excluding carboxylic acids is 1. The van der Waals surface area contributed by atoms with E-state index < -0.39 is 21.3 Å². The second-order valence-corrected chi connectivity index (χ2v) is 6.49. The Morgan fingerprint density at radius 2 is 2.11 bits per heavy atom. The van der Waals surface area contributed by atoms with Crippen molar-refractivity contribution in [3.8, 4) is 0 Å². The minimum absolute atomic E-state index is 0.0638. The summed E-state index contributed by atoms with van der Waals surface area (Å²) in [5.74, 6) is -0.409. The fourth-order valence-corrected chi connectivity index (χ4v) is 4.02. The molecule has 2 aliphatic rings. The highest BCUT2D eigenvalue weighted by molar-refractivity contribution is 7.94. The van der Waals surface area contributed by atoms with E-state index in [1.165, 1.54) is 0 Å². The summed E-state index contributed by atoms with van der Waals surface area (Å²) in [5, 5.41) is 2.02. The van der Waals surface area contributed by atoms with Crippen LogP contribution >= 0.6 is 0 Å². The zero-order valence-corrected chi connectivity index (χ0v) is 11.0. The zero-order valence-electron chi connectivity index (χ0n) is 10.2. The molecule has 1 aromatic rings. The lowest BCUT2D eigenvalue weighted by Crippen LogP contribution is -2.53. The standard InChI is InChI=1S/C12H14N2O4S/c15-12-7-9-3-1-2-4-10(9)14(12)19(16,17)11-8-18-6-5-13-11/h1-4,11,13H,5-8H2. The summed E-state index contributed by atoms with van der Waals surface area (Å²) in [7, 11) is -3.78. The molecular weight excluding hydrogens is 268 g/mol. The highest BCUT2D eigenvalue weighted by Gasteiger charge is 2.41. The van der Waals surface area contributed by atoms with E-state index in [9.17, 15) is 13.2 Å². The molecule has 3 rings (SSSR count). The van der Waals surface area contributed by atoms with Crippen LogP contribution in [0, 0.1) is 0 Å². The van der Waals surface area contributed by atoms with Crippen LogP contribution in [0.5, 0.6) is 0 Å². The molecule has 1 atom stereocenters. The van der Waals surface area contributed by atoms with E-state index >= 15 is 0 Å². The second kappa shape index (κ2) is 4.59. The Labute approximate surface area is 111 Å². The molecule has 1 saturated heterocycles. The molecule has 7 heteroatoms. The number of amides is 1. The highest BCUT2D eigenvalue weighted by atomic mass is 32.2. The first-order valence-corrected chi connectivity index (χ1v) is 7.57. The van der Waals surface area contributed by atoms with Crippen LogP contribution in [0.25, 0.3) is 0 Å². The predicted molar refractivity (Wildman–Crippen MR) is 69.2 cm³/mol. The van der Waals surface area contributed by atoms with Crippen molar-refractivity contribution in [2.24, 2.45) is 0 Å². The van der Waals surface area contributed by atoms with Crippen molar-refractivity contribution in [2.45, 2.75) is 11.8 Å². The number of benzene rings is 1. The van der Waals surface area contributed by atoms with Crippen LogP contribution in [-0.2, 0) is 26.0 Å². The van der Waals surface area contributed by atoms with E-state index in [4.69, 9.17) is 4.74 Å². The number of rotatable bonds is 2. The third kappa shape index (κ3) is 2.03. The van der Waals surface area contributed by atoms with Gasteiger partial charge in [0.15, 0.2) is 5.37 Å². The quantitative estimate of drug-likeness (QED) is 0.816. The summed E-state index contributed by atoms with van der Waals surface area (Å²) in [6.07, 6.45) is 0.128. The van der Waals surface area contributed by atoms with Crippen molar-refractivity contribution in [1.29, 1.82) is 0 Å². The lowest BCUT2D eigenvalue weighted by Gasteiger charge is -2.28. The molecule has 2 heterocycles. The van der Waals surface area contributed by atoms with Crippen LogP contribution < -0.4 is 9.62 Å². The van der Waals surface area contributed by atoms with Gasteiger partial charge in [0.25, 0.3) is 10.0 Å². The number of nitrogens with one attached hydrogen (secondary N) is 1. The Balaban J connectivity index is 1.99. The van der Waals surface area contributed by atoms with Gasteiger partial charge in [0, 0.05) is 6.54 Å². The molecule has 1 aromatic carbocycles. The van der Waals surface area contributed by atoms with Gasteiger partial charge in [-0.3, -0.25) is 10.1 Å². The normalized spacial score (nSPS) is 23.5. The van der Waals surface area contributed by atoms with E-state index in [1.807, 2.05) is 0 Å². The van der Waals surface area contributed by atoms with Crippen LogP contribution in [0.1, 0.15) is 5.56 Å². The van der Waals surface area contributed by atoms with Gasteiger partial charge in [0.1, 0.15) is 0 Å². The Morgan fingerprint density at radius 3 is 2.84 bits per heavy atom. The average Bonchev–Trinajstić information content (AvgIpc) is 2.76. The number of ether oxygens (including phenoxy) is 1. The van der Waals surface area contributed by atoms with Crippen LogP contribution in [-0.4, -0.2) is 39.5 Å². The second-order valence-electron chi connectivity index (χ2n) is 4.53. The molecule has 1 fully saturated rings. The number of hydrogen-bond acceptors (Lipinski definition) is 5. The van der Waals surface area contributed by atoms with Crippen molar-refractivity contribution in [2.75, 3.05) is 24.1 Å². The Hall–Kier alpha value is -1.44. The number of carbonyl (C=O) groups is 1. The molecule has 102 valence electrons. The van der Waals surface area contributed by atoms with Crippen molar-refractivity contribution in [1.82, 2.24) is 5.32 Å². The van der Waals surface area contributed by atoms with Crippen LogP contribution in [0.3, 0.4) is 0 Å². The fourth-order valence-electron chi connectivity index (χ4n) is 2.37. The zero-order chi connectivity index (χ0) is 13.5. The van der Waals surface area contributed by atoms with Gasteiger partial charge in [0.05, 0.1) is 25.3 Å². The van der Waals surface area contributed by atoms with Gasteiger partial charge in [-0.2, -0.15) is 0 Å². The van der Waals surface area contributed by atoms with Gasteiger partial charge in [-0.05, 0) is 11.6 Å². The van der Waals surface area contributed by atoms with Crippen molar-refractivity contribution in [3.05, 3.63) is 29.8 Å². The van der Waals surface area contributed by atoms with Gasteiger partial charge >= 0.3 is 0 Å². The monoisotopic (exact) mass is 282 g/mol. The maximum atomic E-state index is 12.5. The minimum Gasteiger partial charge on any atom is -0.377 e. The van der Waals surface area contributed by atoms with E-state index in [1.54, 1.807) is 24.3 Å². The summed E-state index contributed by atoms with van der Waals surface area (Å²) in [5.41, 5.74) is 1.20. The molecular formula is C12H14N2O4S. The van der Waals surface area contributed by atoms with E-state index in [-0.39, 0.29) is 13.0 Å². The molecule has 1 unspecified atom stereocenters. The molecule has 6 nitrogen and oxygen atoms in total. The van der Waals surface area contributed by atoms with Crippen molar-refractivity contribution in [3.63, 3.8) is 0 Å². The smallest absolute Gasteiger partial charge is 0.260 e. The summed E-state index contributed by atoms with van der Waals surface area (Å²) < 4.78 is 31.1. The Kier molecular flexibility index (Phi) is 3.04. The summed E-state index contributed by atoms with van der Waals surface area (Å²) in [6, 6.07) is 6.95. The number of morpholine rings is 1. The summed E-state index contributed by atoms with van der Waals surface area (Å²) >= 11 is 0. The Morgan fingerprint density at radius 1 is 1.32 bits per heavy atom. The topological polar surface area (TPSA) is 75.7 Å². The average molecular weight is 282 g/mol. The van der Waals surface area contributed by atoms with Gasteiger partial charge in [-0.1, -0.05) is 18.2 Å². The largest absolute Gasteiger partial charge is 0.377 e. The molecule has 0 radical (unpaired) electrons. The summed E-state index contributed by atoms with van der Waals surface area (Å²) in [6.45, 7) is 1.01. The van der Waals surface area contributed by atoms with Crippen molar-refractivity contribution >= 4 is 21.6 Å². The maximum Gasteiger partial charge on any atom is 0.260 e. The molecule has 1 N–H and O–H groups in total. The number of nitrogens with zero attached hydrogens (tertiary/aromatic N) is 1. The first-order chi connectivity index (χ1) is 9.10. The van der Waals surface area contributed by atoms with Crippen LogP contribution in [0.4, 0.5) is 5.69 Å². The molecule has 0 saturated carbocycles. The molecule has 1 amide bonds. The van der Waals surface area contributed by atoms with Crippen molar-refractivity contribution < 1.29 is 17.9 Å². The number of para-hydroxylation sites is 1. The Bertz CT molecular complexity index is 608. The highest BCUT2D eigenvalue weighted by Crippen LogP contribution is 2.32. The maximum absolute atomic E-state index is 12.5. The molecule has 0 aromatic heterocycles. The third-order valence-corrected chi connectivity index (χ3v) is 5.21. The van der Waals surface area contributed by atoms with E-state index in [2.05, 4.69) is 5.32 Å². The molecule has 0 aliphatic carbocycles. The van der Waals surface area contributed by atoms with Crippen LogP contribution in [0.15, 0.2) is 24.3 Å². The third-order valence-electron chi connectivity index (χ3n) is 3.28. The summed E-state index contributed by atoms with van der Waals surface area (Å²) in [4.78, 5) is 12.0. The first kappa shape index (κ1) is 12.6. The van der Waals surface area contributed by atoms with Crippen LogP contribution in [0.2, 0.25) is 0 Å². The van der Waals surface area contributed by atoms with E-state index in [0.717, 1.165) is 9.87 Å². The SMILES string of the molecule is O=C1Cc2ccccc2N1S(=O)(=O)C1COCCN1. The molecule has 2 aliphatic heterocycles. The number of hydrogen-bond donors (Lipinski definition) is 1. The minimum atomic E-state index is -3.78. The number of sulfonamides is 1. The van der Waals surface area contributed by atoms with E-state index in [0.29, 0.717) is 18.8 Å². The first-order valence-electron chi connectivity index (χ1n) is 6.07. The van der Waals surface area contributed by atoms with Gasteiger partial charge in [-0.15, -0.1) is 0 Å².